The van der Waals surface area contributed by atoms with Gasteiger partial charge >= 0.3 is 0 Å². The first-order valence-corrected chi connectivity index (χ1v) is 5.39. The van der Waals surface area contributed by atoms with Gasteiger partial charge in [0.25, 0.3) is 0 Å². The van der Waals surface area contributed by atoms with E-state index in [-0.39, 0.29) is 0 Å². The fourth-order valence-electron chi connectivity index (χ4n) is 2.90. The van der Waals surface area contributed by atoms with Crippen LogP contribution in [0, 0.1) is 5.92 Å². The van der Waals surface area contributed by atoms with Gasteiger partial charge in [0, 0.05) is 23.2 Å². The van der Waals surface area contributed by atoms with Crippen LogP contribution in [0.4, 0.5) is 0 Å². The Bertz CT molecular complexity index is 213. The van der Waals surface area contributed by atoms with Gasteiger partial charge in [0.05, 0.1) is 0 Å². The van der Waals surface area contributed by atoms with Gasteiger partial charge in [-0.3, -0.25) is 0 Å². The van der Waals surface area contributed by atoms with E-state index in [2.05, 4.69) is 52.5 Å². The van der Waals surface area contributed by atoms with E-state index in [1.54, 1.807) is 0 Å². The van der Waals surface area contributed by atoms with Crippen LogP contribution in [0.15, 0.2) is 11.8 Å². The van der Waals surface area contributed by atoms with E-state index >= 15 is 0 Å². The minimum absolute atomic E-state index is 0.312. The van der Waals surface area contributed by atoms with E-state index in [0.29, 0.717) is 11.6 Å². The Morgan fingerprint density at radius 3 is 2.23 bits per heavy atom. The molecule has 0 aliphatic carbocycles. The first-order chi connectivity index (χ1) is 5.91. The van der Waals surface area contributed by atoms with Crippen molar-refractivity contribution in [1.29, 1.82) is 0 Å². The van der Waals surface area contributed by atoms with Crippen LogP contribution in [-0.4, -0.2) is 16.5 Å². The summed E-state index contributed by atoms with van der Waals surface area (Å²) in [4.78, 5) is 2.54. The maximum atomic E-state index is 2.54. The second-order valence-electron chi connectivity index (χ2n) is 4.94. The zero-order chi connectivity index (χ0) is 10.2. The fourth-order valence-corrected chi connectivity index (χ4v) is 2.90. The van der Waals surface area contributed by atoms with Gasteiger partial charge in [0.2, 0.25) is 0 Å². The van der Waals surface area contributed by atoms with Gasteiger partial charge in [0.1, 0.15) is 0 Å². The van der Waals surface area contributed by atoms with Crippen LogP contribution in [-0.2, 0) is 0 Å². The van der Waals surface area contributed by atoms with Crippen LogP contribution in [0.1, 0.15) is 48.0 Å². The zero-order valence-corrected chi connectivity index (χ0v) is 9.89. The highest BCUT2D eigenvalue weighted by molar-refractivity contribution is 5.18. The summed E-state index contributed by atoms with van der Waals surface area (Å²) in [6.07, 6.45) is 3.67. The van der Waals surface area contributed by atoms with Crippen LogP contribution >= 0.6 is 0 Å². The van der Waals surface area contributed by atoms with Crippen LogP contribution in [0.2, 0.25) is 0 Å². The molecule has 1 rings (SSSR count). The molecule has 1 nitrogen and oxygen atoms in total. The van der Waals surface area contributed by atoms with Crippen molar-refractivity contribution in [1.82, 2.24) is 4.90 Å². The summed E-state index contributed by atoms with van der Waals surface area (Å²) < 4.78 is 0. The Morgan fingerprint density at radius 2 is 2.00 bits per heavy atom. The van der Waals surface area contributed by atoms with Crippen molar-refractivity contribution in [2.45, 2.75) is 59.5 Å². The van der Waals surface area contributed by atoms with Gasteiger partial charge in [-0.15, -0.1) is 0 Å². The third-order valence-electron chi connectivity index (χ3n) is 3.31. The molecular formula is C12H23N. The maximum absolute atomic E-state index is 2.54. The van der Waals surface area contributed by atoms with Gasteiger partial charge in [-0.25, -0.2) is 0 Å². The second kappa shape index (κ2) is 3.36. The highest BCUT2D eigenvalue weighted by Gasteiger charge is 2.39. The van der Waals surface area contributed by atoms with Crippen LogP contribution in [0.5, 0.6) is 0 Å². The summed E-state index contributed by atoms with van der Waals surface area (Å²) in [5, 5.41) is 0. The topological polar surface area (TPSA) is 3.24 Å². The lowest BCUT2D eigenvalue weighted by Gasteiger charge is -2.42. The van der Waals surface area contributed by atoms with Crippen LogP contribution in [0.25, 0.3) is 0 Å². The molecular weight excluding hydrogens is 158 g/mol. The molecule has 1 heteroatoms. The Hall–Kier alpha value is -0.460. The number of hydrogen-bond acceptors (Lipinski definition) is 1. The van der Waals surface area contributed by atoms with Crippen molar-refractivity contribution in [3.05, 3.63) is 11.8 Å². The molecule has 0 saturated heterocycles. The Balaban J connectivity index is 2.93. The number of rotatable bonds is 2. The third-order valence-corrected chi connectivity index (χ3v) is 3.31. The number of allylic oxidation sites excluding steroid dienone is 1. The molecule has 0 aromatic heterocycles. The van der Waals surface area contributed by atoms with Crippen molar-refractivity contribution in [2.24, 2.45) is 5.92 Å². The molecule has 0 bridgehead atoms. The van der Waals surface area contributed by atoms with Gasteiger partial charge in [-0.05, 0) is 41.0 Å². The Morgan fingerprint density at radius 1 is 1.46 bits per heavy atom. The smallest absolute Gasteiger partial charge is 0.0408 e. The SMILES string of the molecule is CCC1C=C(C)N(C(C)C)C1(C)C. The summed E-state index contributed by atoms with van der Waals surface area (Å²) in [6, 6.07) is 0.614. The van der Waals surface area contributed by atoms with Crippen molar-refractivity contribution in [3.63, 3.8) is 0 Å². The largest absolute Gasteiger partial charge is 0.367 e. The predicted octanol–water partition coefficient (Wildman–Crippen LogP) is 3.42. The molecule has 0 aromatic rings. The molecule has 1 aliphatic heterocycles. The average molecular weight is 181 g/mol. The maximum Gasteiger partial charge on any atom is 0.0408 e. The molecule has 0 N–H and O–H groups in total. The Labute approximate surface area is 82.8 Å². The minimum atomic E-state index is 0.312. The molecule has 0 radical (unpaired) electrons. The van der Waals surface area contributed by atoms with Gasteiger partial charge in [-0.2, -0.15) is 0 Å². The normalized spacial score (nSPS) is 26.8. The van der Waals surface area contributed by atoms with E-state index in [1.165, 1.54) is 12.1 Å². The monoisotopic (exact) mass is 181 g/mol. The molecule has 1 aliphatic rings. The van der Waals surface area contributed by atoms with E-state index in [9.17, 15) is 0 Å². The van der Waals surface area contributed by atoms with Crippen molar-refractivity contribution in [3.8, 4) is 0 Å². The predicted molar refractivity (Wildman–Crippen MR) is 58.6 cm³/mol. The van der Waals surface area contributed by atoms with E-state index in [4.69, 9.17) is 0 Å². The molecule has 1 unspecified atom stereocenters. The summed E-state index contributed by atoms with van der Waals surface area (Å²) in [5.41, 5.74) is 1.76. The lowest BCUT2D eigenvalue weighted by molar-refractivity contribution is 0.114. The molecule has 13 heavy (non-hydrogen) atoms. The number of hydrogen-bond donors (Lipinski definition) is 0. The molecule has 0 spiro atoms. The Kier molecular flexibility index (Phi) is 2.74. The first-order valence-electron chi connectivity index (χ1n) is 5.39. The molecule has 0 fully saturated rings. The fraction of sp³-hybridized carbons (Fsp3) is 0.833. The molecule has 0 aromatic carbocycles. The highest BCUT2D eigenvalue weighted by atomic mass is 15.2. The molecule has 1 atom stereocenters. The lowest BCUT2D eigenvalue weighted by atomic mass is 9.86. The number of nitrogens with zero attached hydrogens (tertiary/aromatic N) is 1. The van der Waals surface area contributed by atoms with Crippen LogP contribution < -0.4 is 0 Å². The highest BCUT2D eigenvalue weighted by Crippen LogP contribution is 2.39. The molecule has 76 valence electrons. The minimum Gasteiger partial charge on any atom is -0.367 e. The van der Waals surface area contributed by atoms with Gasteiger partial charge in [0.15, 0.2) is 0 Å². The van der Waals surface area contributed by atoms with Gasteiger partial charge in [-0.1, -0.05) is 13.0 Å². The van der Waals surface area contributed by atoms with Crippen molar-refractivity contribution in [2.75, 3.05) is 0 Å². The summed E-state index contributed by atoms with van der Waals surface area (Å²) in [6.45, 7) is 13.8. The molecule has 1 heterocycles. The zero-order valence-electron chi connectivity index (χ0n) is 9.89. The molecule has 0 amide bonds. The van der Waals surface area contributed by atoms with E-state index in [0.717, 1.165) is 5.92 Å². The second-order valence-corrected chi connectivity index (χ2v) is 4.94. The average Bonchev–Trinajstić information content (AvgIpc) is 2.20. The van der Waals surface area contributed by atoms with Crippen molar-refractivity contribution >= 4 is 0 Å². The summed E-state index contributed by atoms with van der Waals surface area (Å²) in [7, 11) is 0. The summed E-state index contributed by atoms with van der Waals surface area (Å²) in [5.74, 6) is 0.717. The molecule has 0 saturated carbocycles. The first kappa shape index (κ1) is 10.6. The standard InChI is InChI=1S/C12H23N/c1-7-11-8-10(4)13(9(2)3)12(11,5)6/h8-9,11H,7H2,1-6H3. The van der Waals surface area contributed by atoms with E-state index < -0.39 is 0 Å². The quantitative estimate of drug-likeness (QED) is 0.631. The van der Waals surface area contributed by atoms with Gasteiger partial charge < -0.3 is 4.90 Å². The van der Waals surface area contributed by atoms with Crippen LogP contribution in [0.3, 0.4) is 0 Å². The van der Waals surface area contributed by atoms with E-state index in [1.807, 2.05) is 0 Å². The summed E-state index contributed by atoms with van der Waals surface area (Å²) >= 11 is 0. The third kappa shape index (κ3) is 1.61. The lowest BCUT2D eigenvalue weighted by Crippen LogP contribution is -2.46. The van der Waals surface area contributed by atoms with Crippen molar-refractivity contribution < 1.29 is 0 Å².